The Morgan fingerprint density at radius 3 is 2.88 bits per heavy atom. The summed E-state index contributed by atoms with van der Waals surface area (Å²) in [5.74, 6) is 0.229. The molecule has 1 atom stereocenters. The van der Waals surface area contributed by atoms with Crippen LogP contribution < -0.4 is 10.1 Å². The quantitative estimate of drug-likeness (QED) is 0.841. The average molecular weight is 258 g/mol. The predicted molar refractivity (Wildman–Crippen MR) is 66.4 cm³/mol. The Labute approximate surface area is 106 Å². The van der Waals surface area contributed by atoms with Gasteiger partial charge in [-0.3, -0.25) is 4.79 Å². The molecule has 0 saturated carbocycles. The van der Waals surface area contributed by atoms with E-state index in [0.29, 0.717) is 10.8 Å². The number of benzene rings is 1. The smallest absolute Gasteiger partial charge is 0.258 e. The third kappa shape index (κ3) is 4.24. The Morgan fingerprint density at radius 2 is 2.29 bits per heavy atom. The van der Waals surface area contributed by atoms with Gasteiger partial charge in [0.15, 0.2) is 6.61 Å². The second kappa shape index (κ2) is 6.47. The molecular formula is C12H16ClNO3. The SMILES string of the molecule is Cc1cccc(Cl)c1OCC(=O)N[C@H](C)CO. The van der Waals surface area contributed by atoms with Gasteiger partial charge in [-0.1, -0.05) is 23.7 Å². The molecule has 0 aliphatic heterocycles. The molecule has 0 fully saturated rings. The zero-order valence-corrected chi connectivity index (χ0v) is 10.6. The van der Waals surface area contributed by atoms with Crippen LogP contribution in [0.2, 0.25) is 5.02 Å². The van der Waals surface area contributed by atoms with E-state index in [1.165, 1.54) is 0 Å². The molecule has 0 unspecified atom stereocenters. The van der Waals surface area contributed by atoms with Gasteiger partial charge in [-0.2, -0.15) is 0 Å². The minimum atomic E-state index is -0.286. The number of amides is 1. The summed E-state index contributed by atoms with van der Waals surface area (Å²) in [4.78, 5) is 11.4. The molecule has 0 radical (unpaired) electrons. The highest BCUT2D eigenvalue weighted by atomic mass is 35.5. The standard InChI is InChI=1S/C12H16ClNO3/c1-8-4-3-5-10(13)12(8)17-7-11(16)14-9(2)6-15/h3-5,9,15H,6-7H2,1-2H3,(H,14,16)/t9-/m1/s1. The van der Waals surface area contributed by atoms with E-state index < -0.39 is 0 Å². The molecule has 2 N–H and O–H groups in total. The number of para-hydroxylation sites is 1. The van der Waals surface area contributed by atoms with Gasteiger partial charge in [0, 0.05) is 6.04 Å². The maximum absolute atomic E-state index is 11.4. The Hall–Kier alpha value is -1.26. The van der Waals surface area contributed by atoms with E-state index in [1.54, 1.807) is 13.0 Å². The highest BCUT2D eigenvalue weighted by molar-refractivity contribution is 6.32. The van der Waals surface area contributed by atoms with Crippen LogP contribution >= 0.6 is 11.6 Å². The summed E-state index contributed by atoms with van der Waals surface area (Å²) >= 11 is 5.95. The van der Waals surface area contributed by atoms with Crippen LogP contribution in [0.4, 0.5) is 0 Å². The first kappa shape index (κ1) is 13.8. The Morgan fingerprint density at radius 1 is 1.59 bits per heavy atom. The number of ether oxygens (including phenoxy) is 1. The molecule has 0 aliphatic rings. The lowest BCUT2D eigenvalue weighted by Crippen LogP contribution is -2.38. The number of carbonyl (C=O) groups is 1. The summed E-state index contributed by atoms with van der Waals surface area (Å²) < 4.78 is 5.35. The number of aliphatic hydroxyl groups excluding tert-OH is 1. The van der Waals surface area contributed by atoms with Crippen molar-refractivity contribution in [2.24, 2.45) is 0 Å². The Kier molecular flexibility index (Phi) is 5.25. The van der Waals surface area contributed by atoms with Gasteiger partial charge in [-0.15, -0.1) is 0 Å². The molecule has 0 aliphatic carbocycles. The zero-order valence-electron chi connectivity index (χ0n) is 9.87. The number of hydrogen-bond acceptors (Lipinski definition) is 3. The summed E-state index contributed by atoms with van der Waals surface area (Å²) in [5.41, 5.74) is 0.875. The Balaban J connectivity index is 2.53. The first-order chi connectivity index (χ1) is 8.04. The van der Waals surface area contributed by atoms with Crippen molar-refractivity contribution in [3.05, 3.63) is 28.8 Å². The number of halogens is 1. The van der Waals surface area contributed by atoms with E-state index in [-0.39, 0.29) is 25.2 Å². The number of aliphatic hydroxyl groups is 1. The van der Waals surface area contributed by atoms with Crippen molar-refractivity contribution in [1.82, 2.24) is 5.32 Å². The molecule has 0 aromatic heterocycles. The molecule has 0 saturated heterocycles. The van der Waals surface area contributed by atoms with E-state index in [4.69, 9.17) is 21.4 Å². The molecule has 1 aromatic rings. The van der Waals surface area contributed by atoms with E-state index >= 15 is 0 Å². The van der Waals surface area contributed by atoms with Crippen LogP contribution in [0.25, 0.3) is 0 Å². The van der Waals surface area contributed by atoms with Gasteiger partial charge >= 0.3 is 0 Å². The van der Waals surface area contributed by atoms with E-state index in [1.807, 2.05) is 19.1 Å². The largest absolute Gasteiger partial charge is 0.482 e. The van der Waals surface area contributed by atoms with E-state index in [9.17, 15) is 4.79 Å². The van der Waals surface area contributed by atoms with Crippen LogP contribution in [0.1, 0.15) is 12.5 Å². The fourth-order valence-corrected chi connectivity index (χ4v) is 1.58. The molecule has 0 heterocycles. The lowest BCUT2D eigenvalue weighted by atomic mass is 10.2. The van der Waals surface area contributed by atoms with Gasteiger partial charge in [0.25, 0.3) is 5.91 Å². The summed E-state index contributed by atoms with van der Waals surface area (Å²) in [5, 5.41) is 11.8. The van der Waals surface area contributed by atoms with Crippen molar-refractivity contribution in [2.45, 2.75) is 19.9 Å². The minimum Gasteiger partial charge on any atom is -0.482 e. The third-order valence-electron chi connectivity index (χ3n) is 2.19. The first-order valence-corrected chi connectivity index (χ1v) is 5.70. The molecule has 0 bridgehead atoms. The van der Waals surface area contributed by atoms with Crippen LogP contribution in [0, 0.1) is 6.92 Å². The molecule has 4 nitrogen and oxygen atoms in total. The van der Waals surface area contributed by atoms with Crippen molar-refractivity contribution in [3.8, 4) is 5.75 Å². The van der Waals surface area contributed by atoms with Crippen LogP contribution in [0.15, 0.2) is 18.2 Å². The fraction of sp³-hybridized carbons (Fsp3) is 0.417. The molecule has 1 aromatic carbocycles. The molecule has 1 amide bonds. The summed E-state index contributed by atoms with van der Waals surface area (Å²) in [6.45, 7) is 3.35. The number of hydrogen-bond donors (Lipinski definition) is 2. The highest BCUT2D eigenvalue weighted by Crippen LogP contribution is 2.27. The highest BCUT2D eigenvalue weighted by Gasteiger charge is 2.09. The molecule has 1 rings (SSSR count). The van der Waals surface area contributed by atoms with Crippen molar-refractivity contribution >= 4 is 17.5 Å². The monoisotopic (exact) mass is 257 g/mol. The Bertz CT molecular complexity index is 375. The zero-order chi connectivity index (χ0) is 12.8. The first-order valence-electron chi connectivity index (χ1n) is 5.32. The predicted octanol–water partition coefficient (Wildman–Crippen LogP) is 1.52. The van der Waals surface area contributed by atoms with Crippen molar-refractivity contribution in [3.63, 3.8) is 0 Å². The minimum absolute atomic E-state index is 0.100. The molecule has 17 heavy (non-hydrogen) atoms. The maximum atomic E-state index is 11.4. The third-order valence-corrected chi connectivity index (χ3v) is 2.49. The van der Waals surface area contributed by atoms with E-state index in [2.05, 4.69) is 5.32 Å². The van der Waals surface area contributed by atoms with Gasteiger partial charge < -0.3 is 15.2 Å². The second-order valence-corrected chi connectivity index (χ2v) is 4.23. The summed E-state index contributed by atoms with van der Waals surface area (Å²) in [7, 11) is 0. The van der Waals surface area contributed by atoms with Gasteiger partial charge in [0.2, 0.25) is 0 Å². The van der Waals surface area contributed by atoms with Gasteiger partial charge in [0.05, 0.1) is 11.6 Å². The summed E-state index contributed by atoms with van der Waals surface area (Å²) in [6, 6.07) is 5.10. The second-order valence-electron chi connectivity index (χ2n) is 3.83. The topological polar surface area (TPSA) is 58.6 Å². The van der Waals surface area contributed by atoms with Crippen molar-refractivity contribution in [2.75, 3.05) is 13.2 Å². The maximum Gasteiger partial charge on any atom is 0.258 e. The normalized spacial score (nSPS) is 12.0. The van der Waals surface area contributed by atoms with Gasteiger partial charge in [0.1, 0.15) is 5.75 Å². The fourth-order valence-electron chi connectivity index (χ4n) is 1.30. The molecule has 0 spiro atoms. The number of aryl methyl sites for hydroxylation is 1. The van der Waals surface area contributed by atoms with Crippen molar-refractivity contribution in [1.29, 1.82) is 0 Å². The number of rotatable bonds is 5. The van der Waals surface area contributed by atoms with Crippen LogP contribution in [-0.4, -0.2) is 30.3 Å². The van der Waals surface area contributed by atoms with Gasteiger partial charge in [-0.25, -0.2) is 0 Å². The molecular weight excluding hydrogens is 242 g/mol. The number of nitrogens with one attached hydrogen (secondary N) is 1. The summed E-state index contributed by atoms with van der Waals surface area (Å²) in [6.07, 6.45) is 0. The molecule has 5 heteroatoms. The van der Waals surface area contributed by atoms with Crippen LogP contribution in [0.5, 0.6) is 5.75 Å². The van der Waals surface area contributed by atoms with E-state index in [0.717, 1.165) is 5.56 Å². The van der Waals surface area contributed by atoms with Crippen molar-refractivity contribution < 1.29 is 14.6 Å². The lowest BCUT2D eigenvalue weighted by Gasteiger charge is -2.13. The number of carbonyl (C=O) groups excluding carboxylic acids is 1. The van der Waals surface area contributed by atoms with Gasteiger partial charge in [-0.05, 0) is 25.5 Å². The van der Waals surface area contributed by atoms with Crippen LogP contribution in [-0.2, 0) is 4.79 Å². The molecule has 94 valence electrons. The van der Waals surface area contributed by atoms with Crippen LogP contribution in [0.3, 0.4) is 0 Å². The lowest BCUT2D eigenvalue weighted by molar-refractivity contribution is -0.123. The average Bonchev–Trinajstić information content (AvgIpc) is 2.28.